The van der Waals surface area contributed by atoms with Crippen molar-refractivity contribution < 1.29 is 27.8 Å². The lowest BCUT2D eigenvalue weighted by molar-refractivity contribution is 0.0728. The Morgan fingerprint density at radius 2 is 1.40 bits per heavy atom. The van der Waals surface area contributed by atoms with Crippen molar-refractivity contribution in [3.8, 4) is 17.2 Å². The molecule has 1 aliphatic carbocycles. The third-order valence-electron chi connectivity index (χ3n) is 8.17. The van der Waals surface area contributed by atoms with E-state index >= 15 is 0 Å². The van der Waals surface area contributed by atoms with Crippen LogP contribution in [0.1, 0.15) is 121 Å². The summed E-state index contributed by atoms with van der Waals surface area (Å²) < 4.78 is 45.7. The van der Waals surface area contributed by atoms with Gasteiger partial charge in [0.1, 0.15) is 18.1 Å². The van der Waals surface area contributed by atoms with E-state index in [0.717, 1.165) is 25.2 Å². The minimum absolute atomic E-state index is 0.194. The molecule has 4 nitrogen and oxygen atoms in total. The van der Waals surface area contributed by atoms with Gasteiger partial charge in [-0.1, -0.05) is 90.2 Å². The van der Waals surface area contributed by atoms with E-state index in [1.807, 2.05) is 0 Å². The average molecular weight is 585 g/mol. The van der Waals surface area contributed by atoms with Crippen molar-refractivity contribution in [1.82, 2.24) is 0 Å². The molecule has 0 aromatic heterocycles. The molecule has 0 amide bonds. The Labute approximate surface area is 251 Å². The Hall–Kier alpha value is -2.89. The Kier molecular flexibility index (Phi) is 15.5. The molecule has 0 spiro atoms. The summed E-state index contributed by atoms with van der Waals surface area (Å²) in [6.45, 7) is 5.21. The lowest BCUT2D eigenvalue weighted by Gasteiger charge is -2.26. The smallest absolute Gasteiger partial charge is 0.346 e. The first-order chi connectivity index (χ1) is 20.5. The van der Waals surface area contributed by atoms with Gasteiger partial charge in [0.05, 0.1) is 12.2 Å². The molecule has 1 aliphatic rings. The van der Waals surface area contributed by atoms with E-state index in [1.165, 1.54) is 89.2 Å². The third kappa shape index (κ3) is 11.8. The zero-order valence-corrected chi connectivity index (χ0v) is 25.7. The summed E-state index contributed by atoms with van der Waals surface area (Å²) in [6.07, 6.45) is 22.6. The van der Waals surface area contributed by atoms with Crippen LogP contribution >= 0.6 is 0 Å². The van der Waals surface area contributed by atoms with Crippen molar-refractivity contribution in [1.29, 1.82) is 0 Å². The number of hydrogen-bond donors (Lipinski definition) is 0. The highest BCUT2D eigenvalue weighted by Crippen LogP contribution is 2.32. The van der Waals surface area contributed by atoms with Crippen LogP contribution < -0.4 is 14.2 Å². The molecule has 0 N–H and O–H groups in total. The van der Waals surface area contributed by atoms with Gasteiger partial charge in [-0.2, -0.15) is 4.39 Å². The Morgan fingerprint density at radius 1 is 0.762 bits per heavy atom. The van der Waals surface area contributed by atoms with Crippen LogP contribution in [0.15, 0.2) is 48.6 Å². The maximum absolute atomic E-state index is 14.6. The molecule has 1 fully saturated rings. The molecule has 0 radical (unpaired) electrons. The van der Waals surface area contributed by atoms with Gasteiger partial charge in [-0.25, -0.2) is 9.18 Å². The summed E-state index contributed by atoms with van der Waals surface area (Å²) in [5, 5.41) is 0. The average Bonchev–Trinajstić information content (AvgIpc) is 3.00. The summed E-state index contributed by atoms with van der Waals surface area (Å²) in [6, 6.07) is 9.00. The van der Waals surface area contributed by atoms with Crippen molar-refractivity contribution in [3.63, 3.8) is 0 Å². The molecule has 1 saturated carbocycles. The topological polar surface area (TPSA) is 44.8 Å². The molecule has 42 heavy (non-hydrogen) atoms. The summed E-state index contributed by atoms with van der Waals surface area (Å²) >= 11 is 0. The van der Waals surface area contributed by atoms with E-state index < -0.39 is 23.2 Å². The summed E-state index contributed by atoms with van der Waals surface area (Å²) in [5.74, 6) is -1.22. The molecule has 0 heterocycles. The minimum atomic E-state index is -1.27. The highest BCUT2D eigenvalue weighted by molar-refractivity contribution is 5.91. The summed E-state index contributed by atoms with van der Waals surface area (Å²) in [7, 11) is 0. The molecule has 2 aromatic rings. The second-order valence-electron chi connectivity index (χ2n) is 11.6. The first-order valence-electron chi connectivity index (χ1n) is 16.2. The SMILES string of the molecule is CCCCCCCCCOc1ccc(C(=O)Oc2ccc(OCC=C[C@H]3CC[C@H](CCCCC)CC3)cc2)c(F)c1F. The number of unbranched alkanes of at least 4 members (excludes halogenated alkanes) is 8. The highest BCUT2D eigenvalue weighted by Gasteiger charge is 2.21. The normalized spacial score (nSPS) is 17.0. The van der Waals surface area contributed by atoms with Crippen molar-refractivity contribution in [3.05, 3.63) is 65.7 Å². The zero-order chi connectivity index (χ0) is 30.0. The first-order valence-corrected chi connectivity index (χ1v) is 16.2. The van der Waals surface area contributed by atoms with E-state index in [-0.39, 0.29) is 11.5 Å². The fourth-order valence-electron chi connectivity index (χ4n) is 5.55. The van der Waals surface area contributed by atoms with Crippen LogP contribution in [0.4, 0.5) is 8.78 Å². The van der Waals surface area contributed by atoms with E-state index in [4.69, 9.17) is 14.2 Å². The number of esters is 1. The molecular weight excluding hydrogens is 534 g/mol. The maximum Gasteiger partial charge on any atom is 0.346 e. The van der Waals surface area contributed by atoms with Crippen LogP contribution in [0.2, 0.25) is 0 Å². The number of rotatable bonds is 19. The first kappa shape index (κ1) is 33.6. The van der Waals surface area contributed by atoms with E-state index in [1.54, 1.807) is 24.3 Å². The van der Waals surface area contributed by atoms with Crippen LogP contribution in [0.25, 0.3) is 0 Å². The van der Waals surface area contributed by atoms with Crippen LogP contribution in [0, 0.1) is 23.5 Å². The predicted octanol–water partition coefficient (Wildman–Crippen LogP) is 10.6. The molecule has 0 saturated heterocycles. The number of hydrogen-bond acceptors (Lipinski definition) is 4. The number of benzene rings is 2. The van der Waals surface area contributed by atoms with Crippen LogP contribution in [-0.4, -0.2) is 19.2 Å². The molecular formula is C36H50F2O4. The Balaban J connectivity index is 1.37. The largest absolute Gasteiger partial charge is 0.490 e. The second-order valence-corrected chi connectivity index (χ2v) is 11.6. The Morgan fingerprint density at radius 3 is 2.12 bits per heavy atom. The molecule has 0 atom stereocenters. The van der Waals surface area contributed by atoms with Gasteiger partial charge >= 0.3 is 5.97 Å². The minimum Gasteiger partial charge on any atom is -0.490 e. The highest BCUT2D eigenvalue weighted by atomic mass is 19.2. The van der Waals surface area contributed by atoms with Gasteiger partial charge in [0, 0.05) is 0 Å². The molecule has 232 valence electrons. The molecule has 0 aliphatic heterocycles. The van der Waals surface area contributed by atoms with Crippen molar-refractivity contribution in [2.45, 2.75) is 110 Å². The third-order valence-corrected chi connectivity index (χ3v) is 8.17. The van der Waals surface area contributed by atoms with Gasteiger partial charge in [0.2, 0.25) is 5.82 Å². The van der Waals surface area contributed by atoms with Crippen LogP contribution in [-0.2, 0) is 0 Å². The maximum atomic E-state index is 14.6. The number of halogens is 2. The fourth-order valence-corrected chi connectivity index (χ4v) is 5.55. The van der Waals surface area contributed by atoms with Gasteiger partial charge in [0.15, 0.2) is 11.6 Å². The van der Waals surface area contributed by atoms with Gasteiger partial charge < -0.3 is 14.2 Å². The van der Waals surface area contributed by atoms with Gasteiger partial charge in [-0.15, -0.1) is 0 Å². The molecule has 2 aromatic carbocycles. The molecule has 0 bridgehead atoms. The van der Waals surface area contributed by atoms with E-state index in [9.17, 15) is 13.6 Å². The number of allylic oxidation sites excluding steroid dienone is 1. The lowest BCUT2D eigenvalue weighted by Crippen LogP contribution is -2.13. The standard InChI is InChI=1S/C36H50F2O4/c1-3-5-7-8-9-10-12-26-41-33-25-24-32(34(37)35(33)38)36(39)42-31-22-20-30(21-23-31)40-27-13-15-29-18-16-28(17-19-29)14-11-6-4-2/h13,15,20-25,28-29H,3-12,14,16-19,26-27H2,1-2H3/t28-,29-. The van der Waals surface area contributed by atoms with Crippen LogP contribution in [0.5, 0.6) is 17.2 Å². The fraction of sp³-hybridized carbons (Fsp3) is 0.583. The Bertz CT molecular complexity index is 1070. The number of ether oxygens (including phenoxy) is 3. The monoisotopic (exact) mass is 584 g/mol. The zero-order valence-electron chi connectivity index (χ0n) is 25.7. The number of carbonyl (C=O) groups excluding carboxylic acids is 1. The summed E-state index contributed by atoms with van der Waals surface area (Å²) in [5.41, 5.74) is -0.476. The van der Waals surface area contributed by atoms with Gasteiger partial charge in [-0.3, -0.25) is 0 Å². The quantitative estimate of drug-likeness (QED) is 0.0713. The molecule has 6 heteroatoms. The van der Waals surface area contributed by atoms with Gasteiger partial charge in [-0.05, 0) is 80.3 Å². The second kappa shape index (κ2) is 19.3. The van der Waals surface area contributed by atoms with Gasteiger partial charge in [0.25, 0.3) is 0 Å². The molecule has 0 unspecified atom stereocenters. The number of carbonyl (C=O) groups is 1. The predicted molar refractivity (Wildman–Crippen MR) is 165 cm³/mol. The van der Waals surface area contributed by atoms with Crippen molar-refractivity contribution >= 4 is 5.97 Å². The summed E-state index contributed by atoms with van der Waals surface area (Å²) in [4.78, 5) is 12.5. The van der Waals surface area contributed by atoms with Crippen molar-refractivity contribution in [2.24, 2.45) is 11.8 Å². The lowest BCUT2D eigenvalue weighted by atomic mass is 9.79. The van der Waals surface area contributed by atoms with Crippen molar-refractivity contribution in [2.75, 3.05) is 13.2 Å². The van der Waals surface area contributed by atoms with E-state index in [2.05, 4.69) is 26.0 Å². The van der Waals surface area contributed by atoms with E-state index in [0.29, 0.717) is 24.9 Å². The van der Waals surface area contributed by atoms with Crippen LogP contribution in [0.3, 0.4) is 0 Å². The molecule has 3 rings (SSSR count).